The number of rotatable bonds is 6. The number of carboxylic acid groups (broad SMARTS) is 1. The summed E-state index contributed by atoms with van der Waals surface area (Å²) in [6.45, 7) is 1.16. The Balaban J connectivity index is 2.18. The molecule has 0 aromatic heterocycles. The number of carbonyl (C=O) groups excluding carboxylic acids is 2. The molecule has 0 radical (unpaired) electrons. The molecule has 1 rings (SSSR count). The molecule has 0 aromatic rings. The molecule has 114 valence electrons. The van der Waals surface area contributed by atoms with Gasteiger partial charge >= 0.3 is 12.0 Å². The van der Waals surface area contributed by atoms with E-state index in [1.807, 2.05) is 0 Å². The Labute approximate surface area is 118 Å². The van der Waals surface area contributed by atoms with Crippen molar-refractivity contribution in [3.63, 3.8) is 0 Å². The molecule has 1 aliphatic heterocycles. The molecule has 1 saturated heterocycles. The fraction of sp³-hybridized carbons (Fsp3) is 0.769. The number of unbranched alkanes of at least 4 members (excludes halogenated alkanes) is 1. The first-order valence-electron chi connectivity index (χ1n) is 6.86. The normalized spacial score (nSPS) is 15.9. The minimum Gasteiger partial charge on any atom is -0.481 e. The maximum Gasteiger partial charge on any atom is 0.324 e. The van der Waals surface area contributed by atoms with Gasteiger partial charge in [0, 0.05) is 33.0 Å². The molecule has 0 aliphatic carbocycles. The second kappa shape index (κ2) is 8.52. The highest BCUT2D eigenvalue weighted by Gasteiger charge is 2.23. The lowest BCUT2D eigenvalue weighted by molar-refractivity contribution is -0.137. The average Bonchev–Trinajstić information content (AvgIpc) is 2.43. The number of nitrogens with one attached hydrogen (secondary N) is 1. The smallest absolute Gasteiger partial charge is 0.324 e. The lowest BCUT2D eigenvalue weighted by Gasteiger charge is -2.30. The van der Waals surface area contributed by atoms with Crippen molar-refractivity contribution in [1.82, 2.24) is 10.2 Å². The summed E-state index contributed by atoms with van der Waals surface area (Å²) in [6.07, 6.45) is 2.87. The van der Waals surface area contributed by atoms with E-state index in [-0.39, 0.29) is 30.9 Å². The maximum atomic E-state index is 11.8. The van der Waals surface area contributed by atoms with Crippen LogP contribution in [0.1, 0.15) is 38.5 Å². The zero-order chi connectivity index (χ0) is 15.0. The number of ether oxygens (including phenoxy) is 1. The first-order chi connectivity index (χ1) is 9.52. The van der Waals surface area contributed by atoms with E-state index < -0.39 is 5.97 Å². The highest BCUT2D eigenvalue weighted by atomic mass is 16.5. The van der Waals surface area contributed by atoms with Crippen LogP contribution in [0.3, 0.4) is 0 Å². The van der Waals surface area contributed by atoms with Crippen molar-refractivity contribution in [2.45, 2.75) is 44.6 Å². The molecule has 0 aromatic carbocycles. The number of likely N-dealkylation sites (tertiary alicyclic amines) is 1. The van der Waals surface area contributed by atoms with Gasteiger partial charge in [-0.1, -0.05) is 0 Å². The van der Waals surface area contributed by atoms with Crippen molar-refractivity contribution in [3.8, 4) is 0 Å². The third kappa shape index (κ3) is 6.01. The number of urea groups is 1. The molecule has 2 N–H and O–H groups in total. The van der Waals surface area contributed by atoms with Gasteiger partial charge in [-0.25, -0.2) is 4.79 Å². The van der Waals surface area contributed by atoms with Gasteiger partial charge in [0.05, 0.1) is 6.10 Å². The molecule has 0 bridgehead atoms. The average molecular weight is 286 g/mol. The summed E-state index contributed by atoms with van der Waals surface area (Å²) in [5.41, 5.74) is 0. The summed E-state index contributed by atoms with van der Waals surface area (Å²) in [5.74, 6) is -1.23. The zero-order valence-corrected chi connectivity index (χ0v) is 11.8. The fourth-order valence-electron chi connectivity index (χ4n) is 2.12. The Kier molecular flexibility index (Phi) is 7.00. The van der Waals surface area contributed by atoms with Crippen LogP contribution in [0.25, 0.3) is 0 Å². The minimum absolute atomic E-state index is 0.0474. The molecular weight excluding hydrogens is 264 g/mol. The molecule has 1 aliphatic rings. The van der Waals surface area contributed by atoms with E-state index in [1.165, 1.54) is 0 Å². The summed E-state index contributed by atoms with van der Waals surface area (Å²) in [4.78, 5) is 35.2. The molecule has 0 atom stereocenters. The molecule has 1 heterocycles. The van der Waals surface area contributed by atoms with E-state index in [0.717, 1.165) is 12.8 Å². The van der Waals surface area contributed by atoms with Crippen LogP contribution in [-0.4, -0.2) is 54.2 Å². The van der Waals surface area contributed by atoms with Crippen molar-refractivity contribution in [3.05, 3.63) is 0 Å². The number of methoxy groups -OCH3 is 1. The monoisotopic (exact) mass is 286 g/mol. The summed E-state index contributed by atoms with van der Waals surface area (Å²) in [7, 11) is 1.65. The van der Waals surface area contributed by atoms with Gasteiger partial charge in [-0.15, -0.1) is 0 Å². The van der Waals surface area contributed by atoms with Crippen molar-refractivity contribution in [1.29, 1.82) is 0 Å². The topological polar surface area (TPSA) is 95.9 Å². The molecule has 0 saturated carbocycles. The predicted molar refractivity (Wildman–Crippen MR) is 71.2 cm³/mol. The van der Waals surface area contributed by atoms with Gasteiger partial charge in [-0.2, -0.15) is 0 Å². The number of carboxylic acids is 1. The highest BCUT2D eigenvalue weighted by Crippen LogP contribution is 2.12. The summed E-state index contributed by atoms with van der Waals surface area (Å²) in [6, 6.07) is -0.372. The summed E-state index contributed by atoms with van der Waals surface area (Å²) in [5, 5.41) is 10.8. The standard InChI is InChI=1S/C13H22N2O5/c1-20-10-6-8-15(9-7-10)13(19)14-11(16)4-2-3-5-12(17)18/h10H,2-9H2,1H3,(H,17,18)(H,14,16,19). The molecule has 0 spiro atoms. The second-order valence-electron chi connectivity index (χ2n) is 4.88. The number of aliphatic carboxylic acids is 1. The largest absolute Gasteiger partial charge is 0.481 e. The Morgan fingerprint density at radius 1 is 1.20 bits per heavy atom. The van der Waals surface area contributed by atoms with Crippen LogP contribution in [0.5, 0.6) is 0 Å². The molecule has 1 fully saturated rings. The number of carbonyl (C=O) groups is 3. The quantitative estimate of drug-likeness (QED) is 0.709. The third-order valence-electron chi connectivity index (χ3n) is 3.35. The molecule has 7 nitrogen and oxygen atoms in total. The minimum atomic E-state index is -0.873. The van der Waals surface area contributed by atoms with E-state index in [2.05, 4.69) is 5.32 Å². The third-order valence-corrected chi connectivity index (χ3v) is 3.35. The van der Waals surface area contributed by atoms with E-state index in [9.17, 15) is 14.4 Å². The zero-order valence-electron chi connectivity index (χ0n) is 11.8. The number of amides is 3. The van der Waals surface area contributed by atoms with Crippen LogP contribution in [0.2, 0.25) is 0 Å². The fourth-order valence-corrected chi connectivity index (χ4v) is 2.12. The van der Waals surface area contributed by atoms with Crippen LogP contribution in [0, 0.1) is 0 Å². The Hall–Kier alpha value is -1.63. The second-order valence-corrected chi connectivity index (χ2v) is 4.88. The van der Waals surface area contributed by atoms with Gasteiger partial charge in [-0.3, -0.25) is 14.9 Å². The number of nitrogens with zero attached hydrogens (tertiary/aromatic N) is 1. The van der Waals surface area contributed by atoms with Crippen molar-refractivity contribution < 1.29 is 24.2 Å². The maximum absolute atomic E-state index is 11.8. The van der Waals surface area contributed by atoms with E-state index in [4.69, 9.17) is 9.84 Å². The van der Waals surface area contributed by atoms with Crippen LogP contribution in [0.15, 0.2) is 0 Å². The van der Waals surface area contributed by atoms with Gasteiger partial charge in [0.1, 0.15) is 0 Å². The van der Waals surface area contributed by atoms with Crippen molar-refractivity contribution in [2.75, 3.05) is 20.2 Å². The lowest BCUT2D eigenvalue weighted by atomic mass is 10.1. The SMILES string of the molecule is COC1CCN(C(=O)NC(=O)CCCCC(=O)O)CC1. The van der Waals surface area contributed by atoms with Gasteiger partial charge in [0.2, 0.25) is 5.91 Å². The Bertz CT molecular complexity index is 351. The summed E-state index contributed by atoms with van der Waals surface area (Å²) < 4.78 is 5.21. The molecule has 0 unspecified atom stereocenters. The van der Waals surface area contributed by atoms with Crippen molar-refractivity contribution in [2.24, 2.45) is 0 Å². The predicted octanol–water partition coefficient (Wildman–Crippen LogP) is 0.978. The number of hydrogen-bond acceptors (Lipinski definition) is 4. The molecule has 20 heavy (non-hydrogen) atoms. The lowest BCUT2D eigenvalue weighted by Crippen LogP contribution is -2.47. The van der Waals surface area contributed by atoms with Gasteiger partial charge in [-0.05, 0) is 25.7 Å². The summed E-state index contributed by atoms with van der Waals surface area (Å²) >= 11 is 0. The first kappa shape index (κ1) is 16.4. The van der Waals surface area contributed by atoms with Crippen LogP contribution >= 0.6 is 0 Å². The molecular formula is C13H22N2O5. The number of hydrogen-bond donors (Lipinski definition) is 2. The first-order valence-corrected chi connectivity index (χ1v) is 6.86. The van der Waals surface area contributed by atoms with Crippen molar-refractivity contribution >= 4 is 17.9 Å². The Morgan fingerprint density at radius 2 is 1.80 bits per heavy atom. The Morgan fingerprint density at radius 3 is 2.35 bits per heavy atom. The van der Waals surface area contributed by atoms with Gasteiger partial charge in [0.25, 0.3) is 0 Å². The van der Waals surface area contributed by atoms with Crippen LogP contribution < -0.4 is 5.32 Å². The molecule has 7 heteroatoms. The number of imide groups is 1. The number of piperidine rings is 1. The highest BCUT2D eigenvalue weighted by molar-refractivity contribution is 5.94. The van der Waals surface area contributed by atoms with Crippen LogP contribution in [-0.2, 0) is 14.3 Å². The molecule has 3 amide bonds. The van der Waals surface area contributed by atoms with Crippen LogP contribution in [0.4, 0.5) is 4.79 Å². The van der Waals surface area contributed by atoms with E-state index in [1.54, 1.807) is 12.0 Å². The van der Waals surface area contributed by atoms with Gasteiger partial charge in [0.15, 0.2) is 0 Å². The van der Waals surface area contributed by atoms with Gasteiger partial charge < -0.3 is 14.7 Å². The van der Waals surface area contributed by atoms with E-state index >= 15 is 0 Å². The van der Waals surface area contributed by atoms with E-state index in [0.29, 0.717) is 25.9 Å².